The highest BCUT2D eigenvalue weighted by molar-refractivity contribution is 5.99. The van der Waals surface area contributed by atoms with Crippen LogP contribution in [0.15, 0.2) is 48.5 Å². The van der Waals surface area contributed by atoms with Crippen LogP contribution in [0.2, 0.25) is 0 Å². The lowest BCUT2D eigenvalue weighted by Gasteiger charge is -2.45. The van der Waals surface area contributed by atoms with Crippen LogP contribution < -0.4 is 10.6 Å². The summed E-state index contributed by atoms with van der Waals surface area (Å²) in [4.78, 5) is 43.2. The first-order valence-corrected chi connectivity index (χ1v) is 13.8. The van der Waals surface area contributed by atoms with Crippen LogP contribution in [-0.2, 0) is 14.3 Å². The van der Waals surface area contributed by atoms with Crippen molar-refractivity contribution in [1.29, 1.82) is 0 Å². The predicted molar refractivity (Wildman–Crippen MR) is 158 cm³/mol. The SMILES string of the molecule is CCC(C)(C)N(C(=O)C(CC(C)C)NC(=O)OC(C)(C)C)C(C(=O)Nc1ccccc1C)c1ccccc1C. The second-order valence-corrected chi connectivity index (χ2v) is 12.3. The maximum absolute atomic E-state index is 14.5. The van der Waals surface area contributed by atoms with Crippen molar-refractivity contribution < 1.29 is 19.1 Å². The minimum atomic E-state index is -0.927. The molecule has 214 valence electrons. The van der Waals surface area contributed by atoms with Gasteiger partial charge in [-0.05, 0) is 90.0 Å². The van der Waals surface area contributed by atoms with Crippen LogP contribution in [0.4, 0.5) is 10.5 Å². The zero-order chi connectivity index (χ0) is 29.5. The van der Waals surface area contributed by atoms with E-state index in [9.17, 15) is 14.4 Å². The molecule has 2 N–H and O–H groups in total. The first kappa shape index (κ1) is 31.9. The largest absolute Gasteiger partial charge is 0.444 e. The summed E-state index contributed by atoms with van der Waals surface area (Å²) < 4.78 is 5.50. The fraction of sp³-hybridized carbons (Fsp3) is 0.531. The number of carbonyl (C=O) groups excluding carboxylic acids is 3. The van der Waals surface area contributed by atoms with Crippen LogP contribution >= 0.6 is 0 Å². The molecule has 3 amide bonds. The third-order valence-electron chi connectivity index (χ3n) is 6.84. The number of carbonyl (C=O) groups is 3. The van der Waals surface area contributed by atoms with E-state index in [4.69, 9.17) is 4.74 Å². The molecule has 0 bridgehead atoms. The van der Waals surface area contributed by atoms with Crippen molar-refractivity contribution in [3.8, 4) is 0 Å². The highest BCUT2D eigenvalue weighted by Gasteiger charge is 2.43. The summed E-state index contributed by atoms with van der Waals surface area (Å²) in [6, 6.07) is 13.4. The van der Waals surface area contributed by atoms with E-state index in [2.05, 4.69) is 10.6 Å². The van der Waals surface area contributed by atoms with E-state index in [1.54, 1.807) is 25.7 Å². The molecule has 2 aromatic rings. The van der Waals surface area contributed by atoms with E-state index in [0.717, 1.165) is 16.7 Å². The van der Waals surface area contributed by atoms with Crippen LogP contribution in [0.25, 0.3) is 0 Å². The topological polar surface area (TPSA) is 87.7 Å². The van der Waals surface area contributed by atoms with Gasteiger partial charge >= 0.3 is 6.09 Å². The number of rotatable bonds is 10. The lowest BCUT2D eigenvalue weighted by molar-refractivity contribution is -0.148. The molecule has 0 aromatic heterocycles. The summed E-state index contributed by atoms with van der Waals surface area (Å²) in [5.41, 5.74) is 1.82. The lowest BCUT2D eigenvalue weighted by Crippen LogP contribution is -2.59. The van der Waals surface area contributed by atoms with Crippen molar-refractivity contribution in [3.05, 3.63) is 65.2 Å². The van der Waals surface area contributed by atoms with Gasteiger partial charge < -0.3 is 20.3 Å². The second kappa shape index (κ2) is 13.1. The highest BCUT2D eigenvalue weighted by Crippen LogP contribution is 2.35. The Morgan fingerprint density at radius 1 is 0.897 bits per heavy atom. The molecule has 0 saturated carbocycles. The Hall–Kier alpha value is -3.35. The molecule has 0 saturated heterocycles. The van der Waals surface area contributed by atoms with Gasteiger partial charge in [0.25, 0.3) is 5.91 Å². The summed E-state index contributed by atoms with van der Waals surface area (Å²) in [6.07, 6.45) is 0.334. The van der Waals surface area contributed by atoms with Crippen LogP contribution in [0.1, 0.15) is 91.0 Å². The first-order chi connectivity index (χ1) is 18.1. The summed E-state index contributed by atoms with van der Waals surface area (Å²) in [5, 5.41) is 5.89. The van der Waals surface area contributed by atoms with E-state index >= 15 is 0 Å². The number of anilines is 1. The molecule has 0 aliphatic rings. The molecule has 2 unspecified atom stereocenters. The minimum absolute atomic E-state index is 0.109. The van der Waals surface area contributed by atoms with Gasteiger partial charge in [-0.3, -0.25) is 9.59 Å². The molecular formula is C32H47N3O4. The summed E-state index contributed by atoms with van der Waals surface area (Å²) in [7, 11) is 0. The van der Waals surface area contributed by atoms with Crippen molar-refractivity contribution in [2.45, 2.75) is 105 Å². The number of ether oxygens (including phenoxy) is 1. The molecule has 39 heavy (non-hydrogen) atoms. The Kier molecular flexibility index (Phi) is 10.7. The van der Waals surface area contributed by atoms with Gasteiger partial charge in [0.05, 0.1) is 0 Å². The quantitative estimate of drug-likeness (QED) is 0.344. The molecule has 0 aliphatic heterocycles. The van der Waals surface area contributed by atoms with Gasteiger partial charge in [-0.25, -0.2) is 4.79 Å². The first-order valence-electron chi connectivity index (χ1n) is 13.8. The van der Waals surface area contributed by atoms with E-state index in [1.807, 2.05) is 97.0 Å². The zero-order valence-corrected chi connectivity index (χ0v) is 25.3. The molecule has 7 nitrogen and oxygen atoms in total. The van der Waals surface area contributed by atoms with Crippen molar-refractivity contribution in [2.24, 2.45) is 5.92 Å². The number of benzene rings is 2. The molecule has 2 rings (SSSR count). The highest BCUT2D eigenvalue weighted by atomic mass is 16.6. The summed E-state index contributed by atoms with van der Waals surface area (Å²) in [5.74, 6) is -0.526. The Balaban J connectivity index is 2.66. The van der Waals surface area contributed by atoms with Crippen molar-refractivity contribution in [3.63, 3.8) is 0 Å². The molecule has 0 heterocycles. The van der Waals surface area contributed by atoms with Gasteiger partial charge in [0.15, 0.2) is 0 Å². The third kappa shape index (κ3) is 8.84. The molecule has 2 aromatic carbocycles. The molecule has 7 heteroatoms. The molecule has 2 atom stereocenters. The fourth-order valence-corrected chi connectivity index (χ4v) is 4.46. The average molecular weight is 538 g/mol. The number of hydrogen-bond donors (Lipinski definition) is 2. The van der Waals surface area contributed by atoms with Gasteiger partial charge in [-0.1, -0.05) is 63.2 Å². The number of hydrogen-bond acceptors (Lipinski definition) is 4. The normalized spacial score (nSPS) is 13.4. The number of nitrogens with one attached hydrogen (secondary N) is 2. The van der Waals surface area contributed by atoms with Crippen LogP contribution in [0, 0.1) is 19.8 Å². The molecule has 0 spiro atoms. The van der Waals surface area contributed by atoms with Crippen LogP contribution in [-0.4, -0.2) is 40.0 Å². The number of alkyl carbamates (subject to hydrolysis) is 1. The zero-order valence-electron chi connectivity index (χ0n) is 25.3. The second-order valence-electron chi connectivity index (χ2n) is 12.3. The smallest absolute Gasteiger partial charge is 0.408 e. The van der Waals surface area contributed by atoms with E-state index in [0.29, 0.717) is 18.5 Å². The summed E-state index contributed by atoms with van der Waals surface area (Å²) in [6.45, 7) is 19.1. The van der Waals surface area contributed by atoms with Gasteiger partial charge in [0.1, 0.15) is 17.7 Å². The van der Waals surface area contributed by atoms with Gasteiger partial charge in [0.2, 0.25) is 5.91 Å². The maximum atomic E-state index is 14.5. The number of nitrogens with zero attached hydrogens (tertiary/aromatic N) is 1. The van der Waals surface area contributed by atoms with Crippen molar-refractivity contribution >= 4 is 23.6 Å². The fourth-order valence-electron chi connectivity index (χ4n) is 4.46. The monoisotopic (exact) mass is 537 g/mol. The third-order valence-corrected chi connectivity index (χ3v) is 6.84. The van der Waals surface area contributed by atoms with E-state index < -0.39 is 29.3 Å². The number of aryl methyl sites for hydroxylation is 2. The van der Waals surface area contributed by atoms with E-state index in [1.165, 1.54) is 0 Å². The Morgan fingerprint density at radius 2 is 1.46 bits per heavy atom. The lowest BCUT2D eigenvalue weighted by atomic mass is 9.89. The molecule has 0 aliphatic carbocycles. The molecular weight excluding hydrogens is 490 g/mol. The standard InChI is InChI=1S/C32H47N3O4/c1-11-32(9,10)35(29(37)26(20-21(2)3)34-30(38)39-31(6,7)8)27(24-18-14-12-16-22(24)4)28(36)33-25-19-15-13-17-23(25)5/h12-19,21,26-27H,11,20H2,1-10H3,(H,33,36)(H,34,38). The van der Waals surface area contributed by atoms with Gasteiger partial charge in [0, 0.05) is 11.2 Å². The Labute approximate surface area is 234 Å². The predicted octanol–water partition coefficient (Wildman–Crippen LogP) is 6.94. The Bertz CT molecular complexity index is 1150. The minimum Gasteiger partial charge on any atom is -0.444 e. The van der Waals surface area contributed by atoms with Crippen LogP contribution in [0.3, 0.4) is 0 Å². The van der Waals surface area contributed by atoms with Gasteiger partial charge in [-0.2, -0.15) is 0 Å². The Morgan fingerprint density at radius 3 is 1.97 bits per heavy atom. The van der Waals surface area contributed by atoms with Crippen LogP contribution in [0.5, 0.6) is 0 Å². The summed E-state index contributed by atoms with van der Waals surface area (Å²) >= 11 is 0. The number of amides is 3. The molecule has 0 radical (unpaired) electrons. The molecule has 0 fully saturated rings. The van der Waals surface area contributed by atoms with E-state index in [-0.39, 0.29) is 17.7 Å². The van der Waals surface area contributed by atoms with Crippen molar-refractivity contribution in [1.82, 2.24) is 10.2 Å². The van der Waals surface area contributed by atoms with Crippen molar-refractivity contribution in [2.75, 3.05) is 5.32 Å². The van der Waals surface area contributed by atoms with Gasteiger partial charge in [-0.15, -0.1) is 0 Å². The maximum Gasteiger partial charge on any atom is 0.408 e. The number of para-hydroxylation sites is 1. The average Bonchev–Trinajstić information content (AvgIpc) is 2.82.